The molecule has 0 saturated heterocycles. The highest BCUT2D eigenvalue weighted by Crippen LogP contribution is 2.31. The molecule has 2 aromatic carbocycles. The molecule has 116 valence electrons. The van der Waals surface area contributed by atoms with Gasteiger partial charge in [-0.2, -0.15) is 0 Å². The minimum absolute atomic E-state index is 0.409. The molecule has 22 heavy (non-hydrogen) atoms. The third-order valence-corrected chi connectivity index (χ3v) is 4.03. The smallest absolute Gasteiger partial charge is 0.123 e. The molecule has 0 heterocycles. The fraction of sp³-hybridized carbons (Fsp3) is 0.300. The summed E-state index contributed by atoms with van der Waals surface area (Å²) in [6.45, 7) is 10.8. The van der Waals surface area contributed by atoms with Crippen LogP contribution in [0.2, 0.25) is 0 Å². The van der Waals surface area contributed by atoms with Crippen molar-refractivity contribution < 1.29 is 5.11 Å². The number of hydrogen-bond donors (Lipinski definition) is 1. The molecule has 0 saturated carbocycles. The normalized spacial score (nSPS) is 10.9. The number of phenols is 1. The van der Waals surface area contributed by atoms with Crippen molar-refractivity contribution in [3.63, 3.8) is 0 Å². The van der Waals surface area contributed by atoms with E-state index < -0.39 is 0 Å². The zero-order valence-electron chi connectivity index (χ0n) is 13.5. The Morgan fingerprint density at radius 1 is 1.00 bits per heavy atom. The van der Waals surface area contributed by atoms with Gasteiger partial charge in [0.05, 0.1) is 0 Å². The van der Waals surface area contributed by atoms with Crippen molar-refractivity contribution in [1.29, 1.82) is 0 Å². The van der Waals surface area contributed by atoms with Crippen LogP contribution in [0.25, 0.3) is 11.1 Å². The van der Waals surface area contributed by atoms with Gasteiger partial charge in [0.1, 0.15) is 5.75 Å². The van der Waals surface area contributed by atoms with Gasteiger partial charge in [-0.05, 0) is 48.3 Å². The molecule has 1 N–H and O–H groups in total. The first-order chi connectivity index (χ1) is 10.7. The average Bonchev–Trinajstić information content (AvgIpc) is 2.56. The zero-order valence-corrected chi connectivity index (χ0v) is 13.5. The van der Waals surface area contributed by atoms with E-state index in [1.807, 2.05) is 24.3 Å². The van der Waals surface area contributed by atoms with Gasteiger partial charge in [-0.1, -0.05) is 50.3 Å². The molecule has 2 rings (SSSR count). The Bertz CT molecular complexity index is 615. The van der Waals surface area contributed by atoms with Crippen LogP contribution in [0, 0.1) is 0 Å². The summed E-state index contributed by atoms with van der Waals surface area (Å²) < 4.78 is 0. The standard InChI is InChI=1S/C20H25NO/c1-4-10-17-13-18(16-11-8-7-9-12-16)14-19(20(17)22)15-21(5-2)6-3/h4,7-9,11-14,22H,1,5-6,10,15H2,2-3H3. The molecule has 2 aromatic rings. The summed E-state index contributed by atoms with van der Waals surface area (Å²) in [5, 5.41) is 10.6. The van der Waals surface area contributed by atoms with Crippen LogP contribution in [0.5, 0.6) is 5.75 Å². The molecule has 0 amide bonds. The number of nitrogens with zero attached hydrogens (tertiary/aromatic N) is 1. The Kier molecular flexibility index (Phi) is 5.79. The molecule has 0 aromatic heterocycles. The van der Waals surface area contributed by atoms with E-state index in [1.54, 1.807) is 0 Å². The van der Waals surface area contributed by atoms with Gasteiger partial charge in [0.2, 0.25) is 0 Å². The van der Waals surface area contributed by atoms with Crippen LogP contribution in [0.15, 0.2) is 55.1 Å². The summed E-state index contributed by atoms with van der Waals surface area (Å²) >= 11 is 0. The molecular formula is C20H25NO. The summed E-state index contributed by atoms with van der Waals surface area (Å²) in [7, 11) is 0. The fourth-order valence-corrected chi connectivity index (χ4v) is 2.68. The highest BCUT2D eigenvalue weighted by Gasteiger charge is 2.12. The molecule has 0 aliphatic heterocycles. The first kappa shape index (κ1) is 16.3. The van der Waals surface area contributed by atoms with Crippen molar-refractivity contribution in [3.05, 3.63) is 66.2 Å². The highest BCUT2D eigenvalue weighted by molar-refractivity contribution is 5.67. The lowest BCUT2D eigenvalue weighted by molar-refractivity contribution is 0.290. The summed E-state index contributed by atoms with van der Waals surface area (Å²) in [6, 6.07) is 14.5. The lowest BCUT2D eigenvalue weighted by Gasteiger charge is -2.20. The Balaban J connectivity index is 2.47. The topological polar surface area (TPSA) is 23.5 Å². The van der Waals surface area contributed by atoms with E-state index >= 15 is 0 Å². The molecule has 2 nitrogen and oxygen atoms in total. The number of benzene rings is 2. The molecule has 0 radical (unpaired) electrons. The molecule has 2 heteroatoms. The minimum Gasteiger partial charge on any atom is -0.507 e. The molecule has 0 spiro atoms. The van der Waals surface area contributed by atoms with Crippen molar-refractivity contribution in [2.24, 2.45) is 0 Å². The maximum absolute atomic E-state index is 10.6. The molecule has 0 atom stereocenters. The molecule has 0 bridgehead atoms. The van der Waals surface area contributed by atoms with Crippen LogP contribution in [0.4, 0.5) is 0 Å². The van der Waals surface area contributed by atoms with Gasteiger partial charge in [0.25, 0.3) is 0 Å². The summed E-state index contributed by atoms with van der Waals surface area (Å²) in [5.74, 6) is 0.409. The number of aromatic hydroxyl groups is 1. The third-order valence-electron chi connectivity index (χ3n) is 4.03. The van der Waals surface area contributed by atoms with E-state index in [9.17, 15) is 5.11 Å². The van der Waals surface area contributed by atoms with Gasteiger partial charge in [0, 0.05) is 12.1 Å². The van der Waals surface area contributed by atoms with E-state index in [0.717, 1.165) is 36.3 Å². The van der Waals surface area contributed by atoms with Crippen molar-refractivity contribution in [1.82, 2.24) is 4.90 Å². The van der Waals surface area contributed by atoms with Gasteiger partial charge in [-0.15, -0.1) is 6.58 Å². The van der Waals surface area contributed by atoms with Crippen molar-refractivity contribution in [2.45, 2.75) is 26.8 Å². The number of hydrogen-bond acceptors (Lipinski definition) is 2. The van der Waals surface area contributed by atoms with E-state index in [4.69, 9.17) is 0 Å². The monoisotopic (exact) mass is 295 g/mol. The maximum Gasteiger partial charge on any atom is 0.123 e. The van der Waals surface area contributed by atoms with Crippen LogP contribution in [0.1, 0.15) is 25.0 Å². The van der Waals surface area contributed by atoms with E-state index in [-0.39, 0.29) is 0 Å². The zero-order chi connectivity index (χ0) is 15.9. The average molecular weight is 295 g/mol. The largest absolute Gasteiger partial charge is 0.507 e. The second-order valence-corrected chi connectivity index (χ2v) is 5.46. The van der Waals surface area contributed by atoms with Crippen LogP contribution in [-0.2, 0) is 13.0 Å². The Hall–Kier alpha value is -2.06. The summed E-state index contributed by atoms with van der Waals surface area (Å²) in [6.07, 6.45) is 2.52. The second-order valence-electron chi connectivity index (χ2n) is 5.46. The maximum atomic E-state index is 10.6. The quantitative estimate of drug-likeness (QED) is 0.753. The van der Waals surface area contributed by atoms with Crippen molar-refractivity contribution in [2.75, 3.05) is 13.1 Å². The molecule has 0 aliphatic carbocycles. The summed E-state index contributed by atoms with van der Waals surface area (Å²) in [5.41, 5.74) is 4.26. The van der Waals surface area contributed by atoms with E-state index in [0.29, 0.717) is 12.2 Å². The Morgan fingerprint density at radius 3 is 2.23 bits per heavy atom. The predicted octanol–water partition coefficient (Wildman–Crippen LogP) is 4.63. The predicted molar refractivity (Wildman–Crippen MR) is 94.1 cm³/mol. The van der Waals surface area contributed by atoms with Crippen LogP contribution < -0.4 is 0 Å². The van der Waals surface area contributed by atoms with Gasteiger partial charge >= 0.3 is 0 Å². The fourth-order valence-electron chi connectivity index (χ4n) is 2.68. The van der Waals surface area contributed by atoms with Gasteiger partial charge in [0.15, 0.2) is 0 Å². The second kappa shape index (κ2) is 7.81. The summed E-state index contributed by atoms with van der Waals surface area (Å²) in [4.78, 5) is 2.31. The third kappa shape index (κ3) is 3.77. The van der Waals surface area contributed by atoms with Gasteiger partial charge in [-0.3, -0.25) is 4.90 Å². The van der Waals surface area contributed by atoms with Crippen LogP contribution >= 0.6 is 0 Å². The molecule has 0 aliphatic rings. The van der Waals surface area contributed by atoms with E-state index in [2.05, 4.69) is 49.6 Å². The van der Waals surface area contributed by atoms with Gasteiger partial charge in [-0.25, -0.2) is 0 Å². The lowest BCUT2D eigenvalue weighted by atomic mass is 9.97. The van der Waals surface area contributed by atoms with Gasteiger partial charge < -0.3 is 5.11 Å². The SMILES string of the molecule is C=CCc1cc(-c2ccccc2)cc(CN(CC)CC)c1O. The van der Waals surface area contributed by atoms with Crippen molar-refractivity contribution >= 4 is 0 Å². The number of rotatable bonds is 7. The molecule has 0 fully saturated rings. The number of allylic oxidation sites excluding steroid dienone is 1. The number of phenolic OH excluding ortho intramolecular Hbond substituents is 1. The van der Waals surface area contributed by atoms with Crippen LogP contribution in [0.3, 0.4) is 0 Å². The van der Waals surface area contributed by atoms with E-state index in [1.165, 1.54) is 5.56 Å². The minimum atomic E-state index is 0.409. The highest BCUT2D eigenvalue weighted by atomic mass is 16.3. The Labute approximate surface area is 133 Å². The van der Waals surface area contributed by atoms with Crippen LogP contribution in [-0.4, -0.2) is 23.1 Å². The first-order valence-corrected chi connectivity index (χ1v) is 7.93. The molecular weight excluding hydrogens is 270 g/mol. The Morgan fingerprint density at radius 2 is 1.64 bits per heavy atom. The first-order valence-electron chi connectivity index (χ1n) is 7.93. The lowest BCUT2D eigenvalue weighted by Crippen LogP contribution is -2.22. The van der Waals surface area contributed by atoms with Crippen molar-refractivity contribution in [3.8, 4) is 16.9 Å². The molecule has 0 unspecified atom stereocenters.